The summed E-state index contributed by atoms with van der Waals surface area (Å²) in [6.07, 6.45) is 2.87. The molecule has 0 fully saturated rings. The number of fused-ring (bicyclic) bond motifs is 1. The van der Waals surface area contributed by atoms with Gasteiger partial charge < -0.3 is 14.8 Å². The largest absolute Gasteiger partial charge is 0.489 e. The van der Waals surface area contributed by atoms with E-state index in [2.05, 4.69) is 25.9 Å². The van der Waals surface area contributed by atoms with Crippen LogP contribution in [-0.4, -0.2) is 32.4 Å². The Morgan fingerprint density at radius 2 is 1.96 bits per heavy atom. The van der Waals surface area contributed by atoms with Gasteiger partial charge in [-0.3, -0.25) is 0 Å². The van der Waals surface area contributed by atoms with E-state index in [9.17, 15) is 8.60 Å². The number of halogens is 1. The van der Waals surface area contributed by atoms with Gasteiger partial charge in [-0.15, -0.1) is 0 Å². The van der Waals surface area contributed by atoms with E-state index in [-0.39, 0.29) is 11.9 Å². The Balaban J connectivity index is 2.05. The van der Waals surface area contributed by atoms with Gasteiger partial charge in [0.15, 0.2) is 0 Å². The summed E-state index contributed by atoms with van der Waals surface area (Å²) in [6.45, 7) is 5.67. The minimum Gasteiger partial charge on any atom is -0.489 e. The third-order valence-electron chi connectivity index (χ3n) is 3.83. The molecule has 2 aromatic carbocycles. The highest BCUT2D eigenvalue weighted by Crippen LogP contribution is 2.33. The molecule has 0 bridgehead atoms. The summed E-state index contributed by atoms with van der Waals surface area (Å²) < 4.78 is 34.2. The molecule has 1 heterocycles. The van der Waals surface area contributed by atoms with Crippen molar-refractivity contribution in [3.63, 3.8) is 0 Å². The predicted molar refractivity (Wildman–Crippen MR) is 115 cm³/mol. The van der Waals surface area contributed by atoms with Gasteiger partial charge in [0, 0.05) is 33.1 Å². The van der Waals surface area contributed by atoms with Gasteiger partial charge in [-0.1, -0.05) is 0 Å². The minimum absolute atomic E-state index is 0.105. The minimum atomic E-state index is -2.40. The summed E-state index contributed by atoms with van der Waals surface area (Å²) in [5.41, 5.74) is 2.84. The van der Waals surface area contributed by atoms with Crippen molar-refractivity contribution in [2.24, 2.45) is 0 Å². The first-order valence-corrected chi connectivity index (χ1v) is 10.8. The van der Waals surface area contributed by atoms with Crippen LogP contribution in [0.5, 0.6) is 5.75 Å². The van der Waals surface area contributed by atoms with Crippen LogP contribution in [0.2, 0.25) is 0 Å². The molecule has 0 amide bonds. The molecule has 2 N–H and O–H groups in total. The Bertz CT molecular complexity index is 1130. The Labute approximate surface area is 164 Å². The van der Waals surface area contributed by atoms with E-state index in [0.29, 0.717) is 28.5 Å². The number of hydrogen-bond acceptors (Lipinski definition) is 5. The lowest BCUT2D eigenvalue weighted by Crippen LogP contribution is -2.10. The van der Waals surface area contributed by atoms with Crippen molar-refractivity contribution in [2.45, 2.75) is 26.9 Å². The first-order chi connectivity index (χ1) is 13.1. The van der Waals surface area contributed by atoms with Crippen molar-refractivity contribution in [3.05, 3.63) is 48.0 Å². The maximum atomic E-state index is 13.7. The molecule has 1 atom stereocenters. The molecule has 3 aromatic rings. The molecule has 28 heavy (non-hydrogen) atoms. The van der Waals surface area contributed by atoms with Gasteiger partial charge in [-0.25, -0.2) is 18.6 Å². The molecule has 1 aromatic heterocycles. The number of aromatic nitrogens is 2. The summed E-state index contributed by atoms with van der Waals surface area (Å²) in [6, 6.07) is 7.97. The second-order valence-electron chi connectivity index (χ2n) is 6.95. The normalized spacial score (nSPS) is 13.4. The molecule has 1 unspecified atom stereocenters. The van der Waals surface area contributed by atoms with Crippen LogP contribution < -0.4 is 14.8 Å². The summed E-state index contributed by atoms with van der Waals surface area (Å²) in [5.74, 6) is 4.21. The molecule has 0 aliphatic carbocycles. The van der Waals surface area contributed by atoms with Crippen LogP contribution in [0.25, 0.3) is 10.9 Å². The molecule has 0 saturated heterocycles. The van der Waals surface area contributed by atoms with Gasteiger partial charge in [0.05, 0.1) is 17.3 Å². The molecule has 0 aliphatic heterocycles. The highest BCUT2D eigenvalue weighted by Gasteiger charge is 2.13. The molecule has 148 valence electrons. The van der Waals surface area contributed by atoms with Crippen molar-refractivity contribution in [1.82, 2.24) is 9.97 Å². The smallest absolute Gasteiger partial charge is 0.146 e. The quantitative estimate of drug-likeness (QED) is 0.602. The van der Waals surface area contributed by atoms with E-state index >= 15 is 0 Å². The van der Waals surface area contributed by atoms with Crippen LogP contribution in [0.4, 0.5) is 21.6 Å². The Kier molecular flexibility index (Phi) is 5.42. The van der Waals surface area contributed by atoms with E-state index in [0.717, 1.165) is 10.9 Å². The molecular weight excluding hydrogens is 379 g/mol. The van der Waals surface area contributed by atoms with Crippen LogP contribution in [0, 0.1) is 12.7 Å². The molecule has 0 radical (unpaired) electrons. The Morgan fingerprint density at radius 3 is 2.64 bits per heavy atom. The van der Waals surface area contributed by atoms with Gasteiger partial charge in [-0.2, -0.15) is 0 Å². The van der Waals surface area contributed by atoms with E-state index < -0.39 is 9.71 Å². The van der Waals surface area contributed by atoms with Crippen molar-refractivity contribution in [3.8, 4) is 5.75 Å². The number of ether oxygens (including phenoxy) is 1. The average Bonchev–Trinajstić information content (AvgIpc) is 2.55. The van der Waals surface area contributed by atoms with Gasteiger partial charge in [0.25, 0.3) is 0 Å². The summed E-state index contributed by atoms with van der Waals surface area (Å²) in [7, 11) is -2.40. The van der Waals surface area contributed by atoms with Crippen LogP contribution in [0.1, 0.15) is 19.4 Å². The molecule has 8 heteroatoms. The lowest BCUT2D eigenvalue weighted by Gasteiger charge is -2.17. The number of benzene rings is 2. The zero-order valence-electron chi connectivity index (χ0n) is 16.2. The summed E-state index contributed by atoms with van der Waals surface area (Å²) >= 11 is 0. The Hall–Kier alpha value is -2.87. The van der Waals surface area contributed by atoms with Crippen LogP contribution in [0.3, 0.4) is 0 Å². The standard InChI is InChI=1S/C20H23FN4O2S/c1-12(2)27-18-9-14(21)6-7-16(18)24-20-19-13(3)8-15(25-28(4,5)26)10-17(19)22-11-23-20/h6-12H,4H2,1-3,5H3,(H,25,26)(H,22,23,24). The molecule has 0 spiro atoms. The van der Waals surface area contributed by atoms with Crippen LogP contribution in [0.15, 0.2) is 36.7 Å². The monoisotopic (exact) mass is 402 g/mol. The molecular formula is C20H23FN4O2S. The third-order valence-corrected chi connectivity index (χ3v) is 4.50. The topological polar surface area (TPSA) is 76.1 Å². The average molecular weight is 402 g/mol. The van der Waals surface area contributed by atoms with Gasteiger partial charge >= 0.3 is 0 Å². The summed E-state index contributed by atoms with van der Waals surface area (Å²) in [4.78, 5) is 8.67. The lowest BCUT2D eigenvalue weighted by atomic mass is 10.1. The van der Waals surface area contributed by atoms with E-state index in [4.69, 9.17) is 4.74 Å². The first kappa shape index (κ1) is 19.9. The summed E-state index contributed by atoms with van der Waals surface area (Å²) in [5, 5.41) is 4.03. The maximum absolute atomic E-state index is 13.7. The fourth-order valence-corrected chi connectivity index (χ4v) is 3.49. The van der Waals surface area contributed by atoms with Crippen LogP contribution >= 0.6 is 0 Å². The van der Waals surface area contributed by atoms with E-state index in [1.807, 2.05) is 26.8 Å². The number of rotatable bonds is 6. The van der Waals surface area contributed by atoms with Crippen molar-refractivity contribution in [2.75, 3.05) is 16.3 Å². The number of nitrogens with zero attached hydrogens (tertiary/aromatic N) is 2. The highest BCUT2D eigenvalue weighted by atomic mass is 32.2. The van der Waals surface area contributed by atoms with Gasteiger partial charge in [0.2, 0.25) is 0 Å². The molecule has 0 saturated carbocycles. The number of nitrogens with one attached hydrogen (secondary N) is 2. The maximum Gasteiger partial charge on any atom is 0.146 e. The zero-order chi connectivity index (χ0) is 20.5. The van der Waals surface area contributed by atoms with Crippen LogP contribution in [-0.2, 0) is 9.71 Å². The molecule has 6 nitrogen and oxygen atoms in total. The van der Waals surface area contributed by atoms with Crippen molar-refractivity contribution < 1.29 is 13.3 Å². The second kappa shape index (κ2) is 7.63. The van der Waals surface area contributed by atoms with E-state index in [1.54, 1.807) is 12.1 Å². The lowest BCUT2D eigenvalue weighted by molar-refractivity contribution is 0.243. The number of hydrogen-bond donors (Lipinski definition) is 2. The first-order valence-electron chi connectivity index (χ1n) is 8.71. The number of aryl methyl sites for hydroxylation is 1. The predicted octanol–water partition coefficient (Wildman–Crippen LogP) is 4.28. The van der Waals surface area contributed by atoms with Crippen molar-refractivity contribution >= 4 is 43.7 Å². The van der Waals surface area contributed by atoms with E-state index in [1.165, 1.54) is 24.7 Å². The fraction of sp³-hybridized carbons (Fsp3) is 0.250. The third kappa shape index (κ3) is 4.69. The highest BCUT2D eigenvalue weighted by molar-refractivity contribution is 8.00. The van der Waals surface area contributed by atoms with Crippen molar-refractivity contribution in [1.29, 1.82) is 0 Å². The number of anilines is 3. The second-order valence-corrected chi connectivity index (χ2v) is 9.16. The molecule has 3 rings (SSSR count). The van der Waals surface area contributed by atoms with Gasteiger partial charge in [0.1, 0.15) is 23.7 Å². The van der Waals surface area contributed by atoms with Gasteiger partial charge in [-0.05, 0) is 56.5 Å². The fourth-order valence-electron chi connectivity index (χ4n) is 2.87. The Morgan fingerprint density at radius 1 is 1.21 bits per heavy atom. The zero-order valence-corrected chi connectivity index (χ0v) is 17.1. The SMILES string of the molecule is C=S(C)(=O)Nc1cc(C)c2c(Nc3ccc(F)cc3OC(C)C)ncnc2c1. The molecule has 0 aliphatic rings.